The van der Waals surface area contributed by atoms with Crippen LogP contribution in [0.25, 0.3) is 10.8 Å². The van der Waals surface area contributed by atoms with Crippen molar-refractivity contribution in [3.8, 4) is 10.8 Å². The fraction of sp³-hybridized carbons (Fsp3) is 0.200. The molecule has 0 fully saturated rings. The summed E-state index contributed by atoms with van der Waals surface area (Å²) < 4.78 is 6.94. The largest absolute Gasteiger partial charge is 0.418 e. The Morgan fingerprint density at radius 1 is 1.24 bits per heavy atom. The van der Waals surface area contributed by atoms with E-state index in [1.807, 2.05) is 50.4 Å². The molecule has 1 atom stereocenters. The summed E-state index contributed by atoms with van der Waals surface area (Å²) in [6.45, 7) is 2.04. The van der Waals surface area contributed by atoms with E-state index in [2.05, 4.69) is 31.4 Å². The lowest BCUT2D eigenvalue weighted by molar-refractivity contribution is 0.456. The van der Waals surface area contributed by atoms with Crippen molar-refractivity contribution in [2.45, 2.75) is 13.0 Å². The first-order chi connectivity index (χ1) is 10.2. The van der Waals surface area contributed by atoms with Crippen molar-refractivity contribution < 1.29 is 4.42 Å². The second kappa shape index (κ2) is 6.09. The zero-order valence-corrected chi connectivity index (χ0v) is 14.0. The van der Waals surface area contributed by atoms with Crippen LogP contribution in [0.4, 0.5) is 0 Å². The van der Waals surface area contributed by atoms with E-state index in [1.54, 1.807) is 11.3 Å². The van der Waals surface area contributed by atoms with Gasteiger partial charge in [0.2, 0.25) is 5.89 Å². The minimum atomic E-state index is -0.100. The molecule has 3 rings (SSSR count). The number of aromatic nitrogens is 2. The van der Waals surface area contributed by atoms with Crippen molar-refractivity contribution in [1.82, 2.24) is 15.5 Å². The van der Waals surface area contributed by atoms with Crippen molar-refractivity contribution in [2.75, 3.05) is 7.05 Å². The lowest BCUT2D eigenvalue weighted by Crippen LogP contribution is -2.17. The Labute approximate surface area is 135 Å². The molecule has 0 saturated carbocycles. The van der Waals surface area contributed by atoms with E-state index in [4.69, 9.17) is 4.42 Å². The van der Waals surface area contributed by atoms with E-state index in [1.165, 1.54) is 5.56 Å². The number of benzene rings is 1. The molecular weight excluding hydrogens is 350 g/mol. The number of aryl methyl sites for hydroxylation is 1. The fourth-order valence-electron chi connectivity index (χ4n) is 2.09. The van der Waals surface area contributed by atoms with Gasteiger partial charge in [-0.25, -0.2) is 0 Å². The van der Waals surface area contributed by atoms with Gasteiger partial charge in [0.05, 0.1) is 8.66 Å². The van der Waals surface area contributed by atoms with Gasteiger partial charge in [-0.3, -0.25) is 0 Å². The number of rotatable bonds is 4. The fourth-order valence-corrected chi connectivity index (χ4v) is 3.55. The number of thiophene rings is 1. The highest BCUT2D eigenvalue weighted by Crippen LogP contribution is 2.34. The van der Waals surface area contributed by atoms with Crippen LogP contribution in [0.5, 0.6) is 0 Å². The van der Waals surface area contributed by atoms with Crippen LogP contribution in [0.3, 0.4) is 0 Å². The summed E-state index contributed by atoms with van der Waals surface area (Å²) in [5, 5.41) is 11.6. The SMILES string of the molecule is CNC(c1ccccc1)c1nnc(-c2cc(C)c(Br)s2)o1. The summed E-state index contributed by atoms with van der Waals surface area (Å²) in [5.74, 6) is 1.13. The molecule has 4 nitrogen and oxygen atoms in total. The Balaban J connectivity index is 1.93. The first-order valence-electron chi connectivity index (χ1n) is 6.51. The third-order valence-corrected chi connectivity index (χ3v) is 5.30. The number of hydrogen-bond acceptors (Lipinski definition) is 5. The van der Waals surface area contributed by atoms with Gasteiger partial charge < -0.3 is 9.73 Å². The third-order valence-electron chi connectivity index (χ3n) is 3.18. The van der Waals surface area contributed by atoms with Crippen LogP contribution >= 0.6 is 27.3 Å². The maximum absolute atomic E-state index is 5.85. The smallest absolute Gasteiger partial charge is 0.257 e. The molecule has 2 aromatic heterocycles. The van der Waals surface area contributed by atoms with Crippen molar-refractivity contribution in [3.05, 3.63) is 57.2 Å². The number of hydrogen-bond donors (Lipinski definition) is 1. The summed E-state index contributed by atoms with van der Waals surface area (Å²) in [5.41, 5.74) is 2.27. The van der Waals surface area contributed by atoms with Gasteiger partial charge >= 0.3 is 0 Å². The molecule has 1 N–H and O–H groups in total. The Kier molecular flexibility index (Phi) is 4.19. The van der Waals surface area contributed by atoms with Crippen LogP contribution in [0.2, 0.25) is 0 Å². The minimum absolute atomic E-state index is 0.100. The zero-order chi connectivity index (χ0) is 14.8. The van der Waals surface area contributed by atoms with Gasteiger partial charge in [0.1, 0.15) is 6.04 Å². The molecule has 0 bridgehead atoms. The molecule has 1 unspecified atom stereocenters. The molecule has 21 heavy (non-hydrogen) atoms. The first-order valence-corrected chi connectivity index (χ1v) is 8.12. The average molecular weight is 364 g/mol. The van der Waals surface area contributed by atoms with Gasteiger partial charge in [-0.15, -0.1) is 21.5 Å². The van der Waals surface area contributed by atoms with Crippen molar-refractivity contribution in [1.29, 1.82) is 0 Å². The van der Waals surface area contributed by atoms with Gasteiger partial charge in [-0.1, -0.05) is 30.3 Å². The standard InChI is InChI=1S/C15H14BrN3OS/c1-9-8-11(21-13(9)16)14-18-19-15(20-14)12(17-2)10-6-4-3-5-7-10/h3-8,12,17H,1-2H3. The number of nitrogens with one attached hydrogen (secondary N) is 1. The Morgan fingerprint density at radius 3 is 2.62 bits per heavy atom. The van der Waals surface area contributed by atoms with Crippen LogP contribution in [0.1, 0.15) is 23.1 Å². The lowest BCUT2D eigenvalue weighted by atomic mass is 10.1. The van der Waals surface area contributed by atoms with E-state index in [9.17, 15) is 0 Å². The molecule has 0 aliphatic carbocycles. The minimum Gasteiger partial charge on any atom is -0.418 e. The van der Waals surface area contributed by atoms with E-state index >= 15 is 0 Å². The van der Waals surface area contributed by atoms with Crippen LogP contribution in [0.15, 0.2) is 44.6 Å². The van der Waals surface area contributed by atoms with E-state index in [-0.39, 0.29) is 6.04 Å². The lowest BCUT2D eigenvalue weighted by Gasteiger charge is -2.11. The van der Waals surface area contributed by atoms with E-state index in [0.29, 0.717) is 11.8 Å². The second-order valence-electron chi connectivity index (χ2n) is 4.65. The van der Waals surface area contributed by atoms with E-state index in [0.717, 1.165) is 14.2 Å². The second-order valence-corrected chi connectivity index (χ2v) is 7.02. The maximum Gasteiger partial charge on any atom is 0.257 e. The Bertz CT molecular complexity index is 719. The molecule has 0 saturated heterocycles. The predicted molar refractivity (Wildman–Crippen MR) is 87.4 cm³/mol. The van der Waals surface area contributed by atoms with E-state index < -0.39 is 0 Å². The monoisotopic (exact) mass is 363 g/mol. The van der Waals surface area contributed by atoms with Crippen molar-refractivity contribution in [3.63, 3.8) is 0 Å². The Hall–Kier alpha value is -1.50. The highest BCUT2D eigenvalue weighted by Gasteiger charge is 2.20. The molecule has 0 aliphatic heterocycles. The molecule has 0 aliphatic rings. The number of nitrogens with zero attached hydrogens (tertiary/aromatic N) is 2. The molecule has 0 spiro atoms. The van der Waals surface area contributed by atoms with Crippen LogP contribution in [-0.4, -0.2) is 17.2 Å². The molecular formula is C15H14BrN3OS. The van der Waals surface area contributed by atoms with Crippen LogP contribution < -0.4 is 5.32 Å². The topological polar surface area (TPSA) is 51.0 Å². The first kappa shape index (κ1) is 14.4. The highest BCUT2D eigenvalue weighted by molar-refractivity contribution is 9.11. The summed E-state index contributed by atoms with van der Waals surface area (Å²) in [4.78, 5) is 0.973. The molecule has 108 valence electrons. The Morgan fingerprint density at radius 2 is 2.00 bits per heavy atom. The van der Waals surface area contributed by atoms with Crippen molar-refractivity contribution in [2.24, 2.45) is 0 Å². The predicted octanol–water partition coefficient (Wildman–Crippen LogP) is 4.18. The zero-order valence-electron chi connectivity index (χ0n) is 11.6. The summed E-state index contributed by atoms with van der Waals surface area (Å²) in [7, 11) is 1.88. The molecule has 3 aromatic rings. The quantitative estimate of drug-likeness (QED) is 0.755. The molecule has 0 amide bonds. The van der Waals surface area contributed by atoms with Gasteiger partial charge in [-0.05, 0) is 47.1 Å². The van der Waals surface area contributed by atoms with Gasteiger partial charge in [-0.2, -0.15) is 0 Å². The van der Waals surface area contributed by atoms with Crippen molar-refractivity contribution >= 4 is 27.3 Å². The normalized spacial score (nSPS) is 12.5. The van der Waals surface area contributed by atoms with Gasteiger partial charge in [0.15, 0.2) is 0 Å². The van der Waals surface area contributed by atoms with Gasteiger partial charge in [0.25, 0.3) is 5.89 Å². The maximum atomic E-state index is 5.85. The summed E-state index contributed by atoms with van der Waals surface area (Å²) in [6.07, 6.45) is 0. The number of halogens is 1. The van der Waals surface area contributed by atoms with Crippen LogP contribution in [0, 0.1) is 6.92 Å². The highest BCUT2D eigenvalue weighted by atomic mass is 79.9. The summed E-state index contributed by atoms with van der Waals surface area (Å²) in [6, 6.07) is 12.0. The molecule has 1 aromatic carbocycles. The van der Waals surface area contributed by atoms with Crippen LogP contribution in [-0.2, 0) is 0 Å². The average Bonchev–Trinajstić information content (AvgIpc) is 3.09. The molecule has 0 radical (unpaired) electrons. The summed E-state index contributed by atoms with van der Waals surface area (Å²) >= 11 is 5.11. The molecule has 2 heterocycles. The molecule has 6 heteroatoms. The van der Waals surface area contributed by atoms with Gasteiger partial charge in [0, 0.05) is 0 Å². The third kappa shape index (κ3) is 2.92.